The van der Waals surface area contributed by atoms with E-state index < -0.39 is 5.82 Å². The van der Waals surface area contributed by atoms with Gasteiger partial charge in [0.1, 0.15) is 5.82 Å². The van der Waals surface area contributed by atoms with Crippen LogP contribution in [0, 0.1) is 12.7 Å². The fourth-order valence-corrected chi connectivity index (χ4v) is 1.77. The molecule has 0 unspecified atom stereocenters. The third-order valence-corrected chi connectivity index (χ3v) is 3.46. The van der Waals surface area contributed by atoms with Gasteiger partial charge in [0.15, 0.2) is 0 Å². The predicted octanol–water partition coefficient (Wildman–Crippen LogP) is 3.63. The van der Waals surface area contributed by atoms with Crippen LogP contribution in [-0.4, -0.2) is 11.4 Å². The molecule has 1 aromatic carbocycles. The van der Waals surface area contributed by atoms with Gasteiger partial charge in [-0.15, -0.1) is 0 Å². The van der Waals surface area contributed by atoms with E-state index in [4.69, 9.17) is 11.6 Å². The van der Waals surface area contributed by atoms with E-state index in [0.29, 0.717) is 11.1 Å². The molecule has 1 amide bonds. The molecule has 18 heavy (non-hydrogen) atoms. The van der Waals surface area contributed by atoms with Crippen molar-refractivity contribution < 1.29 is 9.18 Å². The second-order valence-corrected chi connectivity index (χ2v) is 5.52. The number of benzene rings is 1. The Morgan fingerprint density at radius 1 is 1.44 bits per heavy atom. The zero-order chi connectivity index (χ0) is 13.9. The van der Waals surface area contributed by atoms with Crippen LogP contribution in [0.25, 0.3) is 0 Å². The molecule has 2 nitrogen and oxygen atoms in total. The Labute approximate surface area is 113 Å². The van der Waals surface area contributed by atoms with Crippen LogP contribution in [0.3, 0.4) is 0 Å². The minimum Gasteiger partial charge on any atom is -0.351 e. The van der Waals surface area contributed by atoms with Gasteiger partial charge in [-0.2, -0.15) is 0 Å². The van der Waals surface area contributed by atoms with Crippen molar-refractivity contribution in [3.8, 4) is 0 Å². The summed E-state index contributed by atoms with van der Waals surface area (Å²) in [5.41, 5.74) is 0.865. The second kappa shape index (κ2) is 5.70. The van der Waals surface area contributed by atoms with Gasteiger partial charge in [-0.05, 0) is 44.4 Å². The number of rotatable bonds is 4. The normalized spacial score (nSPS) is 11.4. The van der Waals surface area contributed by atoms with E-state index in [1.54, 1.807) is 13.0 Å². The zero-order valence-electron chi connectivity index (χ0n) is 11.2. The number of hydrogen-bond acceptors (Lipinski definition) is 1. The van der Waals surface area contributed by atoms with Crippen molar-refractivity contribution in [2.24, 2.45) is 0 Å². The molecule has 0 aliphatic carbocycles. The predicted molar refractivity (Wildman–Crippen MR) is 72.4 cm³/mol. The summed E-state index contributed by atoms with van der Waals surface area (Å²) in [6.45, 7) is 7.56. The molecule has 0 radical (unpaired) electrons. The topological polar surface area (TPSA) is 29.1 Å². The van der Waals surface area contributed by atoms with Gasteiger partial charge >= 0.3 is 0 Å². The molecule has 0 aromatic heterocycles. The quantitative estimate of drug-likeness (QED) is 0.890. The lowest BCUT2D eigenvalue weighted by Crippen LogP contribution is -2.43. The molecule has 1 N–H and O–H groups in total. The van der Waals surface area contributed by atoms with Crippen molar-refractivity contribution in [3.05, 3.63) is 34.1 Å². The van der Waals surface area contributed by atoms with Gasteiger partial charge in [-0.25, -0.2) is 4.39 Å². The Morgan fingerprint density at radius 2 is 2.06 bits per heavy atom. The fourth-order valence-electron chi connectivity index (χ4n) is 1.57. The van der Waals surface area contributed by atoms with Gasteiger partial charge in [-0.1, -0.05) is 24.6 Å². The molecule has 0 saturated carbocycles. The van der Waals surface area contributed by atoms with Gasteiger partial charge in [0, 0.05) is 5.54 Å². The van der Waals surface area contributed by atoms with Crippen LogP contribution in [0.15, 0.2) is 12.1 Å². The fraction of sp³-hybridized carbons (Fsp3) is 0.500. The first-order valence-corrected chi connectivity index (χ1v) is 6.39. The average molecular weight is 272 g/mol. The molecule has 100 valence electrons. The molecule has 4 heteroatoms. The standard InChI is InChI=1S/C14H19ClFNO/c1-5-14(3,4)17-12(18)8-10-6-7-11(15)13(16)9(10)2/h6-7H,5,8H2,1-4H3,(H,17,18). The van der Waals surface area contributed by atoms with Crippen molar-refractivity contribution in [3.63, 3.8) is 0 Å². The molecule has 0 atom stereocenters. The molecule has 0 heterocycles. The van der Waals surface area contributed by atoms with Crippen molar-refractivity contribution in [1.82, 2.24) is 5.32 Å². The summed E-state index contributed by atoms with van der Waals surface area (Å²) in [7, 11) is 0. The van der Waals surface area contributed by atoms with Crippen molar-refractivity contribution in [1.29, 1.82) is 0 Å². The first kappa shape index (κ1) is 15.0. The summed E-state index contributed by atoms with van der Waals surface area (Å²) in [5, 5.41) is 3.01. The average Bonchev–Trinajstić information content (AvgIpc) is 2.29. The highest BCUT2D eigenvalue weighted by Crippen LogP contribution is 2.21. The zero-order valence-corrected chi connectivity index (χ0v) is 12.0. The first-order chi connectivity index (χ1) is 8.26. The van der Waals surface area contributed by atoms with E-state index in [0.717, 1.165) is 6.42 Å². The van der Waals surface area contributed by atoms with Gasteiger partial charge in [0.2, 0.25) is 5.91 Å². The maximum atomic E-state index is 13.6. The molecule has 0 fully saturated rings. The van der Waals surface area contributed by atoms with Gasteiger partial charge < -0.3 is 5.32 Å². The summed E-state index contributed by atoms with van der Waals surface area (Å²) >= 11 is 5.68. The number of amides is 1. The number of carbonyl (C=O) groups is 1. The summed E-state index contributed by atoms with van der Waals surface area (Å²) in [5.74, 6) is -0.552. The summed E-state index contributed by atoms with van der Waals surface area (Å²) in [6.07, 6.45) is 1.01. The molecule has 0 saturated heterocycles. The minimum absolute atomic E-state index is 0.0885. The van der Waals surface area contributed by atoms with Crippen LogP contribution in [0.1, 0.15) is 38.3 Å². The van der Waals surface area contributed by atoms with Crippen LogP contribution in [0.4, 0.5) is 4.39 Å². The largest absolute Gasteiger partial charge is 0.351 e. The van der Waals surface area contributed by atoms with Gasteiger partial charge in [0.05, 0.1) is 11.4 Å². The maximum Gasteiger partial charge on any atom is 0.224 e. The Morgan fingerprint density at radius 3 is 2.61 bits per heavy atom. The molecule has 0 aliphatic heterocycles. The van der Waals surface area contributed by atoms with Crippen molar-refractivity contribution in [2.45, 2.75) is 46.1 Å². The van der Waals surface area contributed by atoms with Gasteiger partial charge in [0.25, 0.3) is 0 Å². The van der Waals surface area contributed by atoms with E-state index >= 15 is 0 Å². The van der Waals surface area contributed by atoms with E-state index in [9.17, 15) is 9.18 Å². The SMILES string of the molecule is CCC(C)(C)NC(=O)Cc1ccc(Cl)c(F)c1C. The molecular formula is C14H19ClFNO. The van der Waals surface area contributed by atoms with Crippen LogP contribution < -0.4 is 5.32 Å². The molecule has 0 spiro atoms. The van der Waals surface area contributed by atoms with Crippen LogP contribution in [0.5, 0.6) is 0 Å². The second-order valence-electron chi connectivity index (χ2n) is 5.11. The third kappa shape index (κ3) is 3.70. The minimum atomic E-state index is -0.447. The van der Waals surface area contributed by atoms with E-state index in [1.807, 2.05) is 20.8 Å². The number of carbonyl (C=O) groups excluding carboxylic acids is 1. The smallest absolute Gasteiger partial charge is 0.224 e. The maximum absolute atomic E-state index is 13.6. The lowest BCUT2D eigenvalue weighted by atomic mass is 10.00. The summed E-state index contributed by atoms with van der Waals surface area (Å²) in [4.78, 5) is 11.9. The molecule has 1 rings (SSSR count). The summed E-state index contributed by atoms with van der Waals surface area (Å²) in [6, 6.07) is 3.18. The van der Waals surface area contributed by atoms with E-state index in [1.165, 1.54) is 6.07 Å². The van der Waals surface area contributed by atoms with Crippen LogP contribution in [-0.2, 0) is 11.2 Å². The molecule has 0 aliphatic rings. The van der Waals surface area contributed by atoms with Crippen molar-refractivity contribution >= 4 is 17.5 Å². The van der Waals surface area contributed by atoms with E-state index in [-0.39, 0.29) is 22.9 Å². The highest BCUT2D eigenvalue weighted by atomic mass is 35.5. The molecular weight excluding hydrogens is 253 g/mol. The third-order valence-electron chi connectivity index (χ3n) is 3.16. The Hall–Kier alpha value is -1.09. The van der Waals surface area contributed by atoms with Crippen LogP contribution in [0.2, 0.25) is 5.02 Å². The highest BCUT2D eigenvalue weighted by molar-refractivity contribution is 6.30. The number of nitrogens with one attached hydrogen (secondary N) is 1. The number of hydrogen-bond donors (Lipinski definition) is 1. The summed E-state index contributed by atoms with van der Waals surface area (Å²) < 4.78 is 13.6. The highest BCUT2D eigenvalue weighted by Gasteiger charge is 2.19. The molecule has 0 bridgehead atoms. The Bertz CT molecular complexity index is 457. The van der Waals surface area contributed by atoms with Crippen LogP contribution >= 0.6 is 11.6 Å². The van der Waals surface area contributed by atoms with Gasteiger partial charge in [-0.3, -0.25) is 4.79 Å². The number of halogens is 2. The Kier molecular flexibility index (Phi) is 4.74. The lowest BCUT2D eigenvalue weighted by molar-refractivity contribution is -0.122. The van der Waals surface area contributed by atoms with E-state index in [2.05, 4.69) is 5.32 Å². The van der Waals surface area contributed by atoms with Crippen molar-refractivity contribution in [2.75, 3.05) is 0 Å². The first-order valence-electron chi connectivity index (χ1n) is 6.01. The lowest BCUT2D eigenvalue weighted by Gasteiger charge is -2.24. The molecule has 1 aromatic rings. The Balaban J connectivity index is 2.80. The monoisotopic (exact) mass is 271 g/mol.